The minimum absolute atomic E-state index is 0.362. The fourth-order valence-corrected chi connectivity index (χ4v) is 3.58. The third-order valence-corrected chi connectivity index (χ3v) is 4.87. The number of nitriles is 1. The molecule has 0 radical (unpaired) electrons. The fraction of sp³-hybridized carbons (Fsp3) is 0.500. The van der Waals surface area contributed by atoms with Gasteiger partial charge in [-0.25, -0.2) is 4.98 Å². The molecule has 0 saturated heterocycles. The Hall–Kier alpha value is -0.760. The third kappa shape index (κ3) is 2.74. The van der Waals surface area contributed by atoms with Crippen molar-refractivity contribution < 1.29 is 0 Å². The van der Waals surface area contributed by atoms with Gasteiger partial charge in [-0.15, -0.1) is 11.8 Å². The van der Waals surface area contributed by atoms with E-state index in [0.29, 0.717) is 10.3 Å². The number of nitrogens with one attached hydrogen (secondary N) is 1. The maximum atomic E-state index is 9.19. The van der Waals surface area contributed by atoms with Crippen LogP contribution in [0.15, 0.2) is 23.4 Å². The first kappa shape index (κ1) is 12.7. The van der Waals surface area contributed by atoms with Gasteiger partial charge in [0, 0.05) is 11.4 Å². The van der Waals surface area contributed by atoms with Crippen LogP contribution >= 0.6 is 23.4 Å². The first-order valence-corrected chi connectivity index (χ1v) is 6.82. The van der Waals surface area contributed by atoms with Crippen LogP contribution < -0.4 is 5.32 Å². The Labute approximate surface area is 111 Å². The van der Waals surface area contributed by atoms with Crippen molar-refractivity contribution in [2.75, 3.05) is 7.05 Å². The fourth-order valence-electron chi connectivity index (χ4n) is 2.10. The number of halogens is 1. The molecule has 2 unspecified atom stereocenters. The predicted molar refractivity (Wildman–Crippen MR) is 70.1 cm³/mol. The Morgan fingerprint density at radius 3 is 3.12 bits per heavy atom. The Bertz CT molecular complexity index is 446. The average molecular weight is 268 g/mol. The molecule has 3 nitrogen and oxygen atoms in total. The van der Waals surface area contributed by atoms with Gasteiger partial charge in [0.25, 0.3) is 0 Å². The number of hydrogen-bond acceptors (Lipinski definition) is 4. The summed E-state index contributed by atoms with van der Waals surface area (Å²) < 4.78 is 0. The zero-order chi connectivity index (χ0) is 12.3. The lowest BCUT2D eigenvalue weighted by molar-refractivity contribution is 0.464. The van der Waals surface area contributed by atoms with E-state index in [1.807, 2.05) is 19.2 Å². The van der Waals surface area contributed by atoms with Crippen LogP contribution in [0.4, 0.5) is 0 Å². The predicted octanol–water partition coefficient (Wildman–Crippen LogP) is 2.86. The highest BCUT2D eigenvalue weighted by molar-refractivity contribution is 8.00. The molecule has 2 atom stereocenters. The van der Waals surface area contributed by atoms with Gasteiger partial charge in [0.05, 0.1) is 11.1 Å². The van der Waals surface area contributed by atoms with Gasteiger partial charge in [-0.1, -0.05) is 11.6 Å². The molecule has 0 amide bonds. The van der Waals surface area contributed by atoms with Crippen LogP contribution in [0.5, 0.6) is 0 Å². The molecule has 17 heavy (non-hydrogen) atoms. The number of aromatic nitrogens is 1. The molecule has 1 aliphatic rings. The van der Waals surface area contributed by atoms with Crippen molar-refractivity contribution in [3.05, 3.63) is 23.4 Å². The molecule has 1 fully saturated rings. The summed E-state index contributed by atoms with van der Waals surface area (Å²) in [5.41, 5.74) is -0.362. The van der Waals surface area contributed by atoms with Gasteiger partial charge in [-0.05, 0) is 38.4 Å². The number of hydrogen-bond donors (Lipinski definition) is 1. The summed E-state index contributed by atoms with van der Waals surface area (Å²) in [6.45, 7) is 0. The zero-order valence-corrected chi connectivity index (χ0v) is 11.2. The minimum Gasteiger partial charge on any atom is -0.302 e. The first-order chi connectivity index (χ1) is 8.19. The van der Waals surface area contributed by atoms with Crippen LogP contribution in [0.2, 0.25) is 5.02 Å². The minimum atomic E-state index is -0.362. The average Bonchev–Trinajstić information content (AvgIpc) is 2.76. The second-order valence-corrected chi connectivity index (χ2v) is 5.91. The van der Waals surface area contributed by atoms with Crippen LogP contribution in [0.3, 0.4) is 0 Å². The molecular formula is C12H14ClN3S. The molecule has 1 aromatic rings. The summed E-state index contributed by atoms with van der Waals surface area (Å²) in [5, 5.41) is 14.3. The quantitative estimate of drug-likeness (QED) is 0.915. The summed E-state index contributed by atoms with van der Waals surface area (Å²) in [6, 6.07) is 6.06. The van der Waals surface area contributed by atoms with E-state index in [1.165, 1.54) is 0 Å². The van der Waals surface area contributed by atoms with E-state index in [2.05, 4.69) is 16.4 Å². The maximum absolute atomic E-state index is 9.19. The van der Waals surface area contributed by atoms with Crippen molar-refractivity contribution in [2.24, 2.45) is 0 Å². The second-order valence-electron chi connectivity index (χ2n) is 4.22. The van der Waals surface area contributed by atoms with E-state index >= 15 is 0 Å². The van der Waals surface area contributed by atoms with Crippen LogP contribution in [-0.2, 0) is 0 Å². The standard InChI is InChI=1S/C12H14ClN3S/c1-15-12(8-14)5-4-9(7-12)17-11-10(13)3-2-6-16-11/h2-3,6,9,15H,4-5,7H2,1H3. The van der Waals surface area contributed by atoms with Gasteiger partial charge < -0.3 is 5.32 Å². The largest absolute Gasteiger partial charge is 0.302 e. The van der Waals surface area contributed by atoms with Crippen LogP contribution in [0, 0.1) is 11.3 Å². The zero-order valence-electron chi connectivity index (χ0n) is 9.61. The Kier molecular flexibility index (Phi) is 3.93. The molecule has 0 aromatic carbocycles. The molecule has 0 bridgehead atoms. The number of thioether (sulfide) groups is 1. The SMILES string of the molecule is CNC1(C#N)CCC(Sc2ncccc2Cl)C1. The van der Waals surface area contributed by atoms with Crippen LogP contribution in [0.1, 0.15) is 19.3 Å². The van der Waals surface area contributed by atoms with Gasteiger partial charge in [0.15, 0.2) is 0 Å². The monoisotopic (exact) mass is 267 g/mol. The van der Waals surface area contributed by atoms with E-state index in [4.69, 9.17) is 11.6 Å². The molecule has 2 rings (SSSR count). The molecule has 1 heterocycles. The molecule has 1 aromatic heterocycles. The number of rotatable bonds is 3. The summed E-state index contributed by atoms with van der Waals surface area (Å²) in [4.78, 5) is 4.27. The van der Waals surface area contributed by atoms with Gasteiger partial charge >= 0.3 is 0 Å². The van der Waals surface area contributed by atoms with Gasteiger partial charge in [0.2, 0.25) is 0 Å². The van der Waals surface area contributed by atoms with Crippen molar-refractivity contribution >= 4 is 23.4 Å². The van der Waals surface area contributed by atoms with E-state index in [9.17, 15) is 5.26 Å². The van der Waals surface area contributed by atoms with Crippen LogP contribution in [-0.4, -0.2) is 22.8 Å². The van der Waals surface area contributed by atoms with Crippen LogP contribution in [0.25, 0.3) is 0 Å². The Balaban J connectivity index is 2.04. The lowest BCUT2D eigenvalue weighted by Crippen LogP contribution is -2.38. The molecule has 0 aliphatic heterocycles. The Morgan fingerprint density at radius 2 is 2.53 bits per heavy atom. The summed E-state index contributed by atoms with van der Waals surface area (Å²) in [6.07, 6.45) is 4.50. The van der Waals surface area contributed by atoms with Crippen molar-refractivity contribution in [1.29, 1.82) is 5.26 Å². The molecular weight excluding hydrogens is 254 g/mol. The first-order valence-electron chi connectivity index (χ1n) is 5.56. The van der Waals surface area contributed by atoms with Crippen molar-refractivity contribution in [3.8, 4) is 6.07 Å². The maximum Gasteiger partial charge on any atom is 0.115 e. The lowest BCUT2D eigenvalue weighted by atomic mass is 10.0. The Morgan fingerprint density at radius 1 is 1.71 bits per heavy atom. The van der Waals surface area contributed by atoms with E-state index in [0.717, 1.165) is 24.3 Å². The van der Waals surface area contributed by atoms with Gasteiger partial charge in [-0.2, -0.15) is 5.26 Å². The molecule has 1 N–H and O–H groups in total. The second kappa shape index (κ2) is 5.26. The van der Waals surface area contributed by atoms with E-state index in [1.54, 1.807) is 18.0 Å². The van der Waals surface area contributed by atoms with Gasteiger partial charge in [-0.3, -0.25) is 0 Å². The molecule has 0 spiro atoms. The lowest BCUT2D eigenvalue weighted by Gasteiger charge is -2.19. The number of nitrogens with zero attached hydrogens (tertiary/aromatic N) is 2. The smallest absolute Gasteiger partial charge is 0.115 e. The topological polar surface area (TPSA) is 48.7 Å². The summed E-state index contributed by atoms with van der Waals surface area (Å²) in [7, 11) is 1.85. The van der Waals surface area contributed by atoms with Crippen molar-refractivity contribution in [2.45, 2.75) is 35.1 Å². The molecule has 90 valence electrons. The van der Waals surface area contributed by atoms with Gasteiger partial charge in [0.1, 0.15) is 10.6 Å². The van der Waals surface area contributed by atoms with E-state index in [-0.39, 0.29) is 5.54 Å². The van der Waals surface area contributed by atoms with Crippen molar-refractivity contribution in [3.63, 3.8) is 0 Å². The highest BCUT2D eigenvalue weighted by atomic mass is 35.5. The summed E-state index contributed by atoms with van der Waals surface area (Å²) in [5.74, 6) is 0. The summed E-state index contributed by atoms with van der Waals surface area (Å²) >= 11 is 7.75. The molecule has 5 heteroatoms. The van der Waals surface area contributed by atoms with E-state index < -0.39 is 0 Å². The highest BCUT2D eigenvalue weighted by Gasteiger charge is 2.38. The number of pyridine rings is 1. The third-order valence-electron chi connectivity index (χ3n) is 3.16. The molecule has 1 saturated carbocycles. The highest BCUT2D eigenvalue weighted by Crippen LogP contribution is 2.40. The van der Waals surface area contributed by atoms with Crippen molar-refractivity contribution in [1.82, 2.24) is 10.3 Å². The molecule has 1 aliphatic carbocycles. The normalized spacial score (nSPS) is 27.9.